The van der Waals surface area contributed by atoms with E-state index >= 15 is 0 Å². The first kappa shape index (κ1) is 14.2. The van der Waals surface area contributed by atoms with Crippen LogP contribution in [0.4, 0.5) is 4.39 Å². The highest BCUT2D eigenvalue weighted by Gasteiger charge is 2.26. The molecule has 0 aliphatic heterocycles. The molecule has 1 nitrogen and oxygen atoms in total. The summed E-state index contributed by atoms with van der Waals surface area (Å²) in [5.74, 6) is -0.201. The standard InChI is InChI=1S/C15H23FO/c1-3-5-10-15(4-2,12-17)11-13-6-8-14(16)9-7-13/h6-9,17H,3-5,10-12H2,1-2H3. The maximum Gasteiger partial charge on any atom is 0.123 e. The fraction of sp³-hybridized carbons (Fsp3) is 0.600. The van der Waals surface area contributed by atoms with Gasteiger partial charge >= 0.3 is 0 Å². The van der Waals surface area contributed by atoms with Crippen molar-refractivity contribution in [3.05, 3.63) is 35.6 Å². The average molecular weight is 238 g/mol. The van der Waals surface area contributed by atoms with Gasteiger partial charge in [-0.2, -0.15) is 0 Å². The summed E-state index contributed by atoms with van der Waals surface area (Å²) >= 11 is 0. The molecule has 1 aromatic rings. The van der Waals surface area contributed by atoms with E-state index in [1.165, 1.54) is 12.1 Å². The molecule has 0 heterocycles. The normalized spacial score (nSPS) is 14.6. The quantitative estimate of drug-likeness (QED) is 0.762. The van der Waals surface area contributed by atoms with Gasteiger partial charge in [-0.15, -0.1) is 0 Å². The third kappa shape index (κ3) is 4.12. The third-order valence-electron chi connectivity index (χ3n) is 3.64. The van der Waals surface area contributed by atoms with Gasteiger partial charge in [0.1, 0.15) is 5.82 Å². The SMILES string of the molecule is CCCCC(CC)(CO)Cc1ccc(F)cc1. The smallest absolute Gasteiger partial charge is 0.123 e. The van der Waals surface area contributed by atoms with E-state index in [1.54, 1.807) is 0 Å². The highest BCUT2D eigenvalue weighted by atomic mass is 19.1. The van der Waals surface area contributed by atoms with Crippen molar-refractivity contribution >= 4 is 0 Å². The van der Waals surface area contributed by atoms with Crippen molar-refractivity contribution in [2.45, 2.75) is 46.0 Å². The molecule has 96 valence electrons. The number of aliphatic hydroxyl groups excluding tert-OH is 1. The second kappa shape index (κ2) is 6.75. The predicted octanol–water partition coefficient (Wildman–Crippen LogP) is 3.95. The van der Waals surface area contributed by atoms with Crippen LogP contribution in [0.5, 0.6) is 0 Å². The minimum atomic E-state index is -0.201. The molecule has 0 fully saturated rings. The highest BCUT2D eigenvalue weighted by molar-refractivity contribution is 5.17. The molecule has 0 radical (unpaired) electrons. The lowest BCUT2D eigenvalue weighted by Gasteiger charge is -2.31. The molecule has 0 aliphatic carbocycles. The van der Waals surface area contributed by atoms with E-state index in [-0.39, 0.29) is 17.8 Å². The summed E-state index contributed by atoms with van der Waals surface area (Å²) in [6.07, 6.45) is 5.11. The first-order valence-electron chi connectivity index (χ1n) is 6.51. The predicted molar refractivity (Wildman–Crippen MR) is 69.4 cm³/mol. The molecule has 0 amide bonds. The van der Waals surface area contributed by atoms with Crippen molar-refractivity contribution in [2.24, 2.45) is 5.41 Å². The van der Waals surface area contributed by atoms with Crippen molar-refractivity contribution < 1.29 is 9.50 Å². The van der Waals surface area contributed by atoms with Crippen LogP contribution >= 0.6 is 0 Å². The maximum absolute atomic E-state index is 12.8. The summed E-state index contributed by atoms with van der Waals surface area (Å²) in [6.45, 7) is 4.49. The van der Waals surface area contributed by atoms with E-state index in [9.17, 15) is 9.50 Å². The van der Waals surface area contributed by atoms with E-state index in [4.69, 9.17) is 0 Å². The van der Waals surface area contributed by atoms with Crippen LogP contribution in [0.15, 0.2) is 24.3 Å². The molecule has 0 saturated heterocycles. The molecule has 0 aliphatic rings. The van der Waals surface area contributed by atoms with E-state index < -0.39 is 0 Å². The first-order chi connectivity index (χ1) is 8.15. The molecule has 2 heteroatoms. The second-order valence-corrected chi connectivity index (χ2v) is 4.92. The Bertz CT molecular complexity index is 314. The van der Waals surface area contributed by atoms with Crippen LogP contribution < -0.4 is 0 Å². The Kier molecular flexibility index (Phi) is 5.63. The molecule has 1 unspecified atom stereocenters. The zero-order chi connectivity index (χ0) is 12.7. The molecule has 0 bridgehead atoms. The lowest BCUT2D eigenvalue weighted by atomic mass is 9.76. The number of aliphatic hydroxyl groups is 1. The van der Waals surface area contributed by atoms with Gasteiger partial charge in [-0.25, -0.2) is 4.39 Å². The minimum Gasteiger partial charge on any atom is -0.396 e. The Morgan fingerprint density at radius 1 is 1.18 bits per heavy atom. The Balaban J connectivity index is 2.74. The number of rotatable bonds is 7. The van der Waals surface area contributed by atoms with Crippen LogP contribution in [-0.4, -0.2) is 11.7 Å². The van der Waals surface area contributed by atoms with E-state index in [2.05, 4.69) is 13.8 Å². The number of hydrogen-bond acceptors (Lipinski definition) is 1. The van der Waals surface area contributed by atoms with Gasteiger partial charge < -0.3 is 5.11 Å². The topological polar surface area (TPSA) is 20.2 Å². The molecule has 0 spiro atoms. The summed E-state index contributed by atoms with van der Waals surface area (Å²) < 4.78 is 12.8. The van der Waals surface area contributed by atoms with E-state index in [0.29, 0.717) is 0 Å². The third-order valence-corrected chi connectivity index (χ3v) is 3.64. The summed E-state index contributed by atoms with van der Waals surface area (Å²) in [4.78, 5) is 0. The summed E-state index contributed by atoms with van der Waals surface area (Å²) in [7, 11) is 0. The molecule has 17 heavy (non-hydrogen) atoms. The molecular formula is C15H23FO. The van der Waals surface area contributed by atoms with Gasteiger partial charge in [-0.05, 0) is 42.4 Å². The zero-order valence-electron chi connectivity index (χ0n) is 10.9. The van der Waals surface area contributed by atoms with Crippen LogP contribution in [0, 0.1) is 11.2 Å². The van der Waals surface area contributed by atoms with E-state index in [1.807, 2.05) is 12.1 Å². The van der Waals surface area contributed by atoms with Gasteiger partial charge in [0.05, 0.1) is 0 Å². The summed E-state index contributed by atoms with van der Waals surface area (Å²) in [6, 6.07) is 6.63. The van der Waals surface area contributed by atoms with Crippen molar-refractivity contribution in [3.63, 3.8) is 0 Å². The molecule has 0 saturated carbocycles. The molecule has 1 aromatic carbocycles. The van der Waals surface area contributed by atoms with Crippen molar-refractivity contribution in [1.29, 1.82) is 0 Å². The van der Waals surface area contributed by atoms with Crippen LogP contribution in [0.1, 0.15) is 45.1 Å². The second-order valence-electron chi connectivity index (χ2n) is 4.92. The number of benzene rings is 1. The largest absolute Gasteiger partial charge is 0.396 e. The highest BCUT2D eigenvalue weighted by Crippen LogP contribution is 2.32. The van der Waals surface area contributed by atoms with Crippen molar-refractivity contribution in [2.75, 3.05) is 6.61 Å². The van der Waals surface area contributed by atoms with Gasteiger partial charge in [-0.1, -0.05) is 38.8 Å². The fourth-order valence-electron chi connectivity index (χ4n) is 2.22. The lowest BCUT2D eigenvalue weighted by molar-refractivity contribution is 0.107. The van der Waals surface area contributed by atoms with Crippen molar-refractivity contribution in [1.82, 2.24) is 0 Å². The monoisotopic (exact) mass is 238 g/mol. The Labute approximate surface area is 104 Å². The Morgan fingerprint density at radius 3 is 2.29 bits per heavy atom. The van der Waals surface area contributed by atoms with Crippen LogP contribution in [0.3, 0.4) is 0 Å². The van der Waals surface area contributed by atoms with Crippen molar-refractivity contribution in [3.8, 4) is 0 Å². The molecular weight excluding hydrogens is 215 g/mol. The van der Waals surface area contributed by atoms with Gasteiger partial charge in [0, 0.05) is 6.61 Å². The van der Waals surface area contributed by atoms with Gasteiger partial charge in [0.25, 0.3) is 0 Å². The Hall–Kier alpha value is -0.890. The van der Waals surface area contributed by atoms with Crippen LogP contribution in [0.25, 0.3) is 0 Å². The summed E-state index contributed by atoms with van der Waals surface area (Å²) in [5, 5.41) is 9.64. The van der Waals surface area contributed by atoms with Gasteiger partial charge in [-0.3, -0.25) is 0 Å². The van der Waals surface area contributed by atoms with Crippen LogP contribution in [-0.2, 0) is 6.42 Å². The summed E-state index contributed by atoms with van der Waals surface area (Å²) in [5.41, 5.74) is 1.08. The maximum atomic E-state index is 12.8. The zero-order valence-corrected chi connectivity index (χ0v) is 10.9. The molecule has 1 atom stereocenters. The number of halogens is 1. The fourth-order valence-corrected chi connectivity index (χ4v) is 2.22. The molecule has 0 aromatic heterocycles. The number of hydrogen-bond donors (Lipinski definition) is 1. The molecule has 1 N–H and O–H groups in total. The van der Waals surface area contributed by atoms with Gasteiger partial charge in [0.15, 0.2) is 0 Å². The lowest BCUT2D eigenvalue weighted by Crippen LogP contribution is -2.27. The number of unbranched alkanes of at least 4 members (excludes halogenated alkanes) is 1. The van der Waals surface area contributed by atoms with Gasteiger partial charge in [0.2, 0.25) is 0 Å². The minimum absolute atomic E-state index is 0.0339. The Morgan fingerprint density at radius 2 is 1.82 bits per heavy atom. The average Bonchev–Trinajstić information content (AvgIpc) is 2.37. The van der Waals surface area contributed by atoms with Crippen LogP contribution in [0.2, 0.25) is 0 Å². The van der Waals surface area contributed by atoms with E-state index in [0.717, 1.165) is 37.7 Å². The first-order valence-corrected chi connectivity index (χ1v) is 6.51. The molecule has 1 rings (SSSR count).